The minimum absolute atomic E-state index is 0. The number of alkyl halides is 3. The summed E-state index contributed by atoms with van der Waals surface area (Å²) in [4.78, 5) is 15.5. The van der Waals surface area contributed by atoms with E-state index in [1.54, 1.807) is 12.1 Å². The van der Waals surface area contributed by atoms with Gasteiger partial charge in [-0.2, -0.15) is 13.2 Å². The van der Waals surface area contributed by atoms with Crippen LogP contribution in [0.5, 0.6) is 0 Å². The predicted molar refractivity (Wildman–Crippen MR) is 163 cm³/mol. The van der Waals surface area contributed by atoms with Crippen molar-refractivity contribution in [3.8, 4) is 0 Å². The average molecular weight is 693 g/mol. The zero-order valence-corrected chi connectivity index (χ0v) is 26.3. The summed E-state index contributed by atoms with van der Waals surface area (Å²) < 4.78 is 67.6. The second kappa shape index (κ2) is 17.1. The molecule has 0 saturated heterocycles. The first-order valence-corrected chi connectivity index (χ1v) is 14.4. The molecule has 0 spiro atoms. The molecule has 3 rings (SSSR count). The van der Waals surface area contributed by atoms with Crippen LogP contribution < -0.4 is 10.6 Å². The largest absolute Gasteiger partial charge is 0.416 e. The van der Waals surface area contributed by atoms with Crippen molar-refractivity contribution in [3.05, 3.63) is 105 Å². The summed E-state index contributed by atoms with van der Waals surface area (Å²) in [5.41, 5.74) is 1.03. The molecule has 5 nitrogen and oxygen atoms in total. The minimum Gasteiger partial charge on any atom is -0.390 e. The zero-order chi connectivity index (χ0) is 30.9. The molecule has 2 atom stereocenters. The van der Waals surface area contributed by atoms with Crippen molar-refractivity contribution in [1.29, 1.82) is 0 Å². The van der Waals surface area contributed by atoms with Crippen molar-refractivity contribution in [3.63, 3.8) is 0 Å². The van der Waals surface area contributed by atoms with Crippen LogP contribution in [-0.2, 0) is 25.7 Å². The van der Waals surface area contributed by atoms with Gasteiger partial charge in [0.2, 0.25) is 0 Å². The van der Waals surface area contributed by atoms with Gasteiger partial charge in [0.15, 0.2) is 0 Å². The van der Waals surface area contributed by atoms with Crippen LogP contribution in [0.3, 0.4) is 0 Å². The molecule has 0 saturated carbocycles. The van der Waals surface area contributed by atoms with Gasteiger partial charge in [-0.05, 0) is 79.5 Å². The number of halogens is 7. The highest BCUT2D eigenvalue weighted by Crippen LogP contribution is 2.29. The van der Waals surface area contributed by atoms with Crippen molar-refractivity contribution in [1.82, 2.24) is 15.5 Å². The van der Waals surface area contributed by atoms with Crippen molar-refractivity contribution >= 4 is 34.2 Å². The van der Waals surface area contributed by atoms with E-state index in [1.807, 2.05) is 13.1 Å². The van der Waals surface area contributed by atoms with E-state index in [4.69, 9.17) is 0 Å². The average Bonchev–Trinajstić information content (AvgIpc) is 2.90. The van der Waals surface area contributed by atoms with E-state index < -0.39 is 41.4 Å². The fourth-order valence-electron chi connectivity index (χ4n) is 4.57. The fraction of sp³-hybridized carbons (Fsp3) is 0.387. The summed E-state index contributed by atoms with van der Waals surface area (Å²) in [5.74, 6) is -2.08. The number of amides is 1. The van der Waals surface area contributed by atoms with Crippen LogP contribution in [-0.4, -0.2) is 48.2 Å². The van der Waals surface area contributed by atoms with Crippen LogP contribution >= 0.6 is 28.3 Å². The SMILES string of the molecule is CCCCN(C)Cc1cc(Br)cc(C(=O)N[C@@H](Cc2cc(F)cc(F)c2)[C@H](O)CNCc2cccc(C(F)(F)F)c2)c1.Cl. The molecular weight excluding hydrogens is 657 g/mol. The smallest absolute Gasteiger partial charge is 0.390 e. The highest BCUT2D eigenvalue weighted by Gasteiger charge is 2.30. The van der Waals surface area contributed by atoms with Gasteiger partial charge in [-0.15, -0.1) is 12.4 Å². The normalized spacial score (nSPS) is 13.0. The molecule has 3 N–H and O–H groups in total. The number of nitrogens with zero attached hydrogens (tertiary/aromatic N) is 1. The summed E-state index contributed by atoms with van der Waals surface area (Å²) in [7, 11) is 1.99. The van der Waals surface area contributed by atoms with Crippen molar-refractivity contribution in [2.75, 3.05) is 20.1 Å². The Hall–Kier alpha value is -2.57. The van der Waals surface area contributed by atoms with E-state index in [0.29, 0.717) is 22.1 Å². The van der Waals surface area contributed by atoms with Gasteiger partial charge in [-0.1, -0.05) is 47.5 Å². The first-order chi connectivity index (χ1) is 19.8. The quantitative estimate of drug-likeness (QED) is 0.161. The van der Waals surface area contributed by atoms with Gasteiger partial charge in [0.05, 0.1) is 17.7 Å². The molecule has 0 fully saturated rings. The number of benzene rings is 3. The molecule has 43 heavy (non-hydrogen) atoms. The van der Waals surface area contributed by atoms with E-state index in [1.165, 1.54) is 12.1 Å². The monoisotopic (exact) mass is 691 g/mol. The highest BCUT2D eigenvalue weighted by atomic mass is 79.9. The molecule has 0 aliphatic rings. The summed E-state index contributed by atoms with van der Waals surface area (Å²) in [6.45, 7) is 3.55. The molecule has 12 heteroatoms. The first-order valence-electron chi connectivity index (χ1n) is 13.6. The van der Waals surface area contributed by atoms with Crippen LogP contribution in [0.15, 0.2) is 65.1 Å². The second-order valence-electron chi connectivity index (χ2n) is 10.4. The zero-order valence-electron chi connectivity index (χ0n) is 23.9. The van der Waals surface area contributed by atoms with Gasteiger partial charge in [0.1, 0.15) is 11.6 Å². The summed E-state index contributed by atoms with van der Waals surface area (Å²) in [6, 6.07) is 12.1. The summed E-state index contributed by atoms with van der Waals surface area (Å²) in [5, 5.41) is 16.7. The maximum absolute atomic E-state index is 13.9. The molecule has 0 bridgehead atoms. The van der Waals surface area contributed by atoms with Gasteiger partial charge < -0.3 is 20.6 Å². The van der Waals surface area contributed by atoms with Crippen molar-refractivity contribution in [2.45, 2.75) is 57.6 Å². The Kier molecular flexibility index (Phi) is 14.5. The van der Waals surface area contributed by atoms with E-state index >= 15 is 0 Å². The van der Waals surface area contributed by atoms with Crippen LogP contribution in [0.1, 0.15) is 52.4 Å². The molecule has 3 aromatic rings. The molecular formula is C31H36BrClF5N3O2. The maximum atomic E-state index is 13.9. The summed E-state index contributed by atoms with van der Waals surface area (Å²) >= 11 is 3.45. The lowest BCUT2D eigenvalue weighted by atomic mass is 9.99. The lowest BCUT2D eigenvalue weighted by molar-refractivity contribution is -0.137. The third-order valence-electron chi connectivity index (χ3n) is 6.66. The topological polar surface area (TPSA) is 64.6 Å². The third kappa shape index (κ3) is 12.1. The van der Waals surface area contributed by atoms with Crippen LogP contribution in [0.25, 0.3) is 0 Å². The van der Waals surface area contributed by atoms with Gasteiger partial charge in [-0.25, -0.2) is 8.78 Å². The molecule has 0 heterocycles. The number of unbranched alkanes of at least 4 members (excludes halogenated alkanes) is 1. The van der Waals surface area contributed by atoms with Crippen molar-refractivity contribution < 1.29 is 31.9 Å². The van der Waals surface area contributed by atoms with Gasteiger partial charge in [0.25, 0.3) is 5.91 Å². The van der Waals surface area contributed by atoms with Crippen LogP contribution in [0, 0.1) is 11.6 Å². The molecule has 1 amide bonds. The minimum atomic E-state index is -4.48. The Bertz CT molecular complexity index is 1320. The Labute approximate surface area is 263 Å². The fourth-order valence-corrected chi connectivity index (χ4v) is 5.11. The van der Waals surface area contributed by atoms with Crippen LogP contribution in [0.4, 0.5) is 22.0 Å². The summed E-state index contributed by atoms with van der Waals surface area (Å²) in [6.07, 6.45) is -3.71. The molecule has 0 aliphatic heterocycles. The second-order valence-corrected chi connectivity index (χ2v) is 11.3. The molecule has 0 aromatic heterocycles. The van der Waals surface area contributed by atoms with Crippen LogP contribution in [0.2, 0.25) is 0 Å². The third-order valence-corrected chi connectivity index (χ3v) is 7.12. The van der Waals surface area contributed by atoms with Gasteiger partial charge >= 0.3 is 6.18 Å². The molecule has 3 aromatic carbocycles. The predicted octanol–water partition coefficient (Wildman–Crippen LogP) is 6.89. The molecule has 0 aliphatic carbocycles. The number of hydrogen-bond donors (Lipinski definition) is 3. The Balaban J connectivity index is 0.00000645. The lowest BCUT2D eigenvalue weighted by Crippen LogP contribution is -2.48. The Morgan fingerprint density at radius 3 is 2.35 bits per heavy atom. The number of aliphatic hydroxyl groups excluding tert-OH is 1. The lowest BCUT2D eigenvalue weighted by Gasteiger charge is -2.25. The number of aliphatic hydroxyl groups is 1. The Morgan fingerprint density at radius 1 is 1.00 bits per heavy atom. The number of carbonyl (C=O) groups is 1. The van der Waals surface area contributed by atoms with E-state index in [-0.39, 0.29) is 37.5 Å². The van der Waals surface area contributed by atoms with E-state index in [2.05, 4.69) is 38.4 Å². The number of hydrogen-bond acceptors (Lipinski definition) is 4. The van der Waals surface area contributed by atoms with E-state index in [0.717, 1.165) is 55.3 Å². The van der Waals surface area contributed by atoms with E-state index in [9.17, 15) is 31.9 Å². The maximum Gasteiger partial charge on any atom is 0.416 e. The number of nitrogens with one attached hydrogen (secondary N) is 2. The molecule has 0 radical (unpaired) electrons. The molecule has 0 unspecified atom stereocenters. The first kappa shape index (κ1) is 36.6. The number of rotatable bonds is 14. The molecule has 236 valence electrons. The number of carbonyl (C=O) groups excluding carboxylic acids is 1. The standard InChI is InChI=1S/C31H35BrF5N3O2.ClH/c1-3-4-8-40(2)19-22-9-23(15-25(32)11-22)30(42)39-28(14-21-12-26(33)16-27(34)13-21)29(41)18-38-17-20-6-5-7-24(10-20)31(35,36)37;/h5-7,9-13,15-16,28-29,38,41H,3-4,8,14,17-19H2,1-2H3,(H,39,42);1H/t28-,29+;/m0./s1. The Morgan fingerprint density at radius 2 is 1.70 bits per heavy atom. The van der Waals surface area contributed by atoms with Crippen molar-refractivity contribution in [2.24, 2.45) is 0 Å². The van der Waals surface area contributed by atoms with Gasteiger partial charge in [0, 0.05) is 35.7 Å². The van der Waals surface area contributed by atoms with Gasteiger partial charge in [-0.3, -0.25) is 4.79 Å². The highest BCUT2D eigenvalue weighted by molar-refractivity contribution is 9.10.